The number of thioether (sulfide) groups is 1. The van der Waals surface area contributed by atoms with Crippen molar-refractivity contribution in [1.29, 1.82) is 0 Å². The summed E-state index contributed by atoms with van der Waals surface area (Å²) in [5.74, 6) is 0.308. The predicted molar refractivity (Wildman–Crippen MR) is 86.7 cm³/mol. The highest BCUT2D eigenvalue weighted by Gasteiger charge is 2.47. The van der Waals surface area contributed by atoms with Crippen molar-refractivity contribution in [1.82, 2.24) is 0 Å². The molecule has 0 fully saturated rings. The Bertz CT molecular complexity index is 538. The molecule has 1 aromatic carbocycles. The molecule has 20 heavy (non-hydrogen) atoms. The number of rotatable bonds is 2. The van der Waals surface area contributed by atoms with Gasteiger partial charge in [-0.05, 0) is 28.7 Å². The average molecular weight is 292 g/mol. The largest absolute Gasteiger partial charge is 0.508 e. The lowest BCUT2D eigenvalue weighted by Crippen LogP contribution is -2.31. The molecule has 1 unspecified atom stereocenters. The van der Waals surface area contributed by atoms with E-state index in [0.29, 0.717) is 5.75 Å². The first-order valence-corrected chi connectivity index (χ1v) is 7.80. The van der Waals surface area contributed by atoms with Crippen molar-refractivity contribution in [2.75, 3.05) is 7.11 Å². The summed E-state index contributed by atoms with van der Waals surface area (Å²) in [6, 6.07) is 7.50. The van der Waals surface area contributed by atoms with Crippen LogP contribution in [0.4, 0.5) is 0 Å². The van der Waals surface area contributed by atoms with Crippen LogP contribution in [0.1, 0.15) is 40.2 Å². The maximum absolute atomic E-state index is 9.75. The quantitative estimate of drug-likeness (QED) is 0.841. The Balaban J connectivity index is 2.62. The summed E-state index contributed by atoms with van der Waals surface area (Å²) >= 11 is 1.76. The number of benzene rings is 1. The molecule has 0 spiro atoms. The molecule has 0 amide bonds. The van der Waals surface area contributed by atoms with Crippen molar-refractivity contribution in [3.8, 4) is 5.75 Å². The third-order valence-corrected chi connectivity index (χ3v) is 5.43. The Morgan fingerprint density at radius 2 is 1.90 bits per heavy atom. The molecule has 1 N–H and O–H groups in total. The molecule has 0 aliphatic carbocycles. The normalized spacial score (nSPS) is 22.4. The van der Waals surface area contributed by atoms with Crippen LogP contribution >= 0.6 is 11.8 Å². The number of ether oxygens (including phenoxy) is 1. The van der Waals surface area contributed by atoms with E-state index in [2.05, 4.69) is 40.7 Å². The molecule has 2 rings (SSSR count). The van der Waals surface area contributed by atoms with Crippen LogP contribution in [-0.2, 0) is 4.74 Å². The molecule has 1 aliphatic rings. The second-order valence-corrected chi connectivity index (χ2v) is 7.98. The highest BCUT2D eigenvalue weighted by Crippen LogP contribution is 2.59. The molecule has 1 aliphatic heterocycles. The van der Waals surface area contributed by atoms with Crippen LogP contribution < -0.4 is 0 Å². The van der Waals surface area contributed by atoms with E-state index in [9.17, 15) is 5.11 Å². The van der Waals surface area contributed by atoms with Crippen LogP contribution in [0.25, 0.3) is 4.91 Å². The Morgan fingerprint density at radius 3 is 2.40 bits per heavy atom. The van der Waals surface area contributed by atoms with E-state index in [1.807, 2.05) is 12.1 Å². The van der Waals surface area contributed by atoms with Gasteiger partial charge in [-0.1, -0.05) is 58.5 Å². The lowest BCUT2D eigenvalue weighted by Gasteiger charge is -2.35. The summed E-state index contributed by atoms with van der Waals surface area (Å²) in [6.45, 7) is 11.2. The van der Waals surface area contributed by atoms with Crippen LogP contribution in [0.5, 0.6) is 5.75 Å². The number of methoxy groups -OCH3 is 1. The highest BCUT2D eigenvalue weighted by atomic mass is 32.2. The SMILES string of the molecule is COC1SC(c2cccc(O)c2)=C(C(C)(C)C)C1(C)C. The number of aromatic hydroxyl groups is 1. The van der Waals surface area contributed by atoms with Gasteiger partial charge in [-0.3, -0.25) is 0 Å². The molecule has 1 heterocycles. The second kappa shape index (κ2) is 5.12. The average Bonchev–Trinajstić information content (AvgIpc) is 2.59. The predicted octanol–water partition coefficient (Wildman–Crippen LogP) is 4.89. The fraction of sp³-hybridized carbons (Fsp3) is 0.529. The standard InChI is InChI=1S/C17H24O2S/c1-16(2,3)14-13(11-8-7-9-12(18)10-11)20-15(19-6)17(14,4)5/h7-10,15,18H,1-6H3. The molecule has 2 nitrogen and oxygen atoms in total. The molecule has 3 heteroatoms. The fourth-order valence-corrected chi connectivity index (χ4v) is 4.91. The van der Waals surface area contributed by atoms with Gasteiger partial charge >= 0.3 is 0 Å². The number of hydrogen-bond donors (Lipinski definition) is 1. The van der Waals surface area contributed by atoms with E-state index in [4.69, 9.17) is 4.74 Å². The third-order valence-electron chi connectivity index (χ3n) is 3.76. The van der Waals surface area contributed by atoms with Crippen molar-refractivity contribution < 1.29 is 9.84 Å². The Morgan fingerprint density at radius 1 is 1.25 bits per heavy atom. The van der Waals surface area contributed by atoms with Gasteiger partial charge in [0.25, 0.3) is 0 Å². The minimum atomic E-state index is -0.0293. The van der Waals surface area contributed by atoms with E-state index < -0.39 is 0 Å². The van der Waals surface area contributed by atoms with Gasteiger partial charge in [-0.15, -0.1) is 0 Å². The Kier molecular flexibility index (Phi) is 3.96. The van der Waals surface area contributed by atoms with Crippen LogP contribution in [0.15, 0.2) is 29.8 Å². The smallest absolute Gasteiger partial charge is 0.116 e. The Hall–Kier alpha value is -0.930. The summed E-state index contributed by atoms with van der Waals surface area (Å²) < 4.78 is 5.69. The van der Waals surface area contributed by atoms with Crippen LogP contribution in [0.3, 0.4) is 0 Å². The lowest BCUT2D eigenvalue weighted by atomic mass is 9.70. The van der Waals surface area contributed by atoms with Crippen molar-refractivity contribution in [3.05, 3.63) is 35.4 Å². The molecular formula is C17H24O2S. The van der Waals surface area contributed by atoms with Crippen molar-refractivity contribution in [2.45, 2.75) is 40.1 Å². The van der Waals surface area contributed by atoms with Gasteiger partial charge in [-0.25, -0.2) is 0 Å². The molecule has 0 radical (unpaired) electrons. The summed E-state index contributed by atoms with van der Waals surface area (Å²) in [6.07, 6.45) is 0. The van der Waals surface area contributed by atoms with E-state index in [1.165, 1.54) is 10.5 Å². The monoisotopic (exact) mass is 292 g/mol. The Labute approximate surface area is 126 Å². The van der Waals surface area contributed by atoms with Gasteiger partial charge in [0.05, 0.1) is 0 Å². The summed E-state index contributed by atoms with van der Waals surface area (Å²) in [5, 5.41) is 9.75. The van der Waals surface area contributed by atoms with E-state index in [-0.39, 0.29) is 16.3 Å². The van der Waals surface area contributed by atoms with Crippen LogP contribution in [-0.4, -0.2) is 17.7 Å². The van der Waals surface area contributed by atoms with Gasteiger partial charge in [0.1, 0.15) is 11.2 Å². The fourth-order valence-electron chi connectivity index (χ4n) is 3.23. The van der Waals surface area contributed by atoms with Crippen molar-refractivity contribution in [2.24, 2.45) is 10.8 Å². The van der Waals surface area contributed by atoms with Crippen LogP contribution in [0, 0.1) is 10.8 Å². The highest BCUT2D eigenvalue weighted by molar-refractivity contribution is 8.09. The summed E-state index contributed by atoms with van der Waals surface area (Å²) in [4.78, 5) is 1.24. The van der Waals surface area contributed by atoms with Crippen molar-refractivity contribution >= 4 is 16.7 Å². The second-order valence-electron chi connectivity index (χ2n) is 6.91. The zero-order valence-electron chi connectivity index (χ0n) is 13.2. The van der Waals surface area contributed by atoms with E-state index in [0.717, 1.165) is 5.56 Å². The zero-order valence-corrected chi connectivity index (χ0v) is 14.0. The maximum Gasteiger partial charge on any atom is 0.116 e. The first-order valence-electron chi connectivity index (χ1n) is 6.92. The van der Waals surface area contributed by atoms with Gasteiger partial charge in [0.15, 0.2) is 0 Å². The minimum Gasteiger partial charge on any atom is -0.508 e. The van der Waals surface area contributed by atoms with Crippen LogP contribution in [0.2, 0.25) is 0 Å². The lowest BCUT2D eigenvalue weighted by molar-refractivity contribution is 0.0896. The number of hydrogen-bond acceptors (Lipinski definition) is 3. The number of phenolic OH excluding ortho intramolecular Hbond substituents is 1. The molecule has 1 atom stereocenters. The maximum atomic E-state index is 9.75. The number of phenols is 1. The van der Waals surface area contributed by atoms with Crippen molar-refractivity contribution in [3.63, 3.8) is 0 Å². The minimum absolute atomic E-state index is 0.0293. The zero-order chi connectivity index (χ0) is 15.1. The van der Waals surface area contributed by atoms with Gasteiger partial charge in [0, 0.05) is 17.4 Å². The summed E-state index contributed by atoms with van der Waals surface area (Å²) in [5.41, 5.74) is 2.61. The molecule has 1 aromatic rings. The van der Waals surface area contributed by atoms with Gasteiger partial charge in [-0.2, -0.15) is 0 Å². The molecule has 110 valence electrons. The topological polar surface area (TPSA) is 29.5 Å². The molecule has 0 aromatic heterocycles. The van der Waals surface area contributed by atoms with Gasteiger partial charge < -0.3 is 9.84 Å². The summed E-state index contributed by atoms with van der Waals surface area (Å²) in [7, 11) is 1.77. The first-order chi connectivity index (χ1) is 9.17. The molecule has 0 saturated carbocycles. The first kappa shape index (κ1) is 15.5. The third kappa shape index (κ3) is 2.61. The van der Waals surface area contributed by atoms with E-state index in [1.54, 1.807) is 24.9 Å². The van der Waals surface area contributed by atoms with E-state index >= 15 is 0 Å². The molecular weight excluding hydrogens is 268 g/mol. The molecule has 0 saturated heterocycles. The van der Waals surface area contributed by atoms with Gasteiger partial charge in [0.2, 0.25) is 0 Å². The molecule has 0 bridgehead atoms.